The number of sulfonamides is 1. The number of anilines is 1. The topological polar surface area (TPSA) is 72.2 Å². The Balaban J connectivity index is 2.21. The summed E-state index contributed by atoms with van der Waals surface area (Å²) in [5.41, 5.74) is 5.31. The van der Waals surface area contributed by atoms with E-state index in [4.69, 9.17) is 5.73 Å². The number of hydrogen-bond donors (Lipinski definition) is 2. The van der Waals surface area contributed by atoms with Crippen LogP contribution in [0.5, 0.6) is 0 Å². The predicted octanol–water partition coefficient (Wildman–Crippen LogP) is 2.90. The van der Waals surface area contributed by atoms with Gasteiger partial charge in [0.25, 0.3) is 0 Å². The molecule has 1 aromatic carbocycles. The Kier molecular flexibility index (Phi) is 4.88. The first-order valence-corrected chi connectivity index (χ1v) is 8.87. The van der Waals surface area contributed by atoms with Crippen LogP contribution in [0.2, 0.25) is 0 Å². The first-order chi connectivity index (χ1) is 9.81. The lowest BCUT2D eigenvalue weighted by Crippen LogP contribution is -2.43. The van der Waals surface area contributed by atoms with Crippen LogP contribution in [-0.4, -0.2) is 14.5 Å². The highest BCUT2D eigenvalue weighted by molar-refractivity contribution is 7.89. The molecule has 0 saturated heterocycles. The van der Waals surface area contributed by atoms with E-state index in [0.717, 1.165) is 31.7 Å². The summed E-state index contributed by atoms with van der Waals surface area (Å²) < 4.78 is 40.8. The minimum Gasteiger partial charge on any atom is -0.396 e. The molecule has 2 rings (SSSR count). The Hall–Kier alpha value is -1.14. The zero-order valence-electron chi connectivity index (χ0n) is 12.5. The lowest BCUT2D eigenvalue weighted by atomic mass is 9.78. The first-order valence-electron chi connectivity index (χ1n) is 7.38. The van der Waals surface area contributed by atoms with Gasteiger partial charge < -0.3 is 5.73 Å². The summed E-state index contributed by atoms with van der Waals surface area (Å²) >= 11 is 0. The van der Waals surface area contributed by atoms with E-state index in [9.17, 15) is 12.8 Å². The first kappa shape index (κ1) is 16.2. The highest BCUT2D eigenvalue weighted by atomic mass is 32.2. The molecule has 0 amide bonds. The molecule has 0 aliphatic heterocycles. The summed E-state index contributed by atoms with van der Waals surface area (Å²) in [6, 6.07) is 3.45. The van der Waals surface area contributed by atoms with E-state index in [0.29, 0.717) is 11.8 Å². The lowest BCUT2D eigenvalue weighted by molar-refractivity contribution is 0.226. The molecule has 6 heteroatoms. The van der Waals surface area contributed by atoms with Gasteiger partial charge in [0.1, 0.15) is 5.82 Å². The number of nitrogen functional groups attached to an aromatic ring is 1. The molecule has 118 valence electrons. The standard InChI is InChI=1S/C15H23FN2O2S/c1-10(2)12-5-3-4-6-15(12)18-21(19,20)11-7-8-13(16)14(17)9-11/h7-10,12,15,18H,3-6,17H2,1-2H3. The molecule has 0 heterocycles. The van der Waals surface area contributed by atoms with Crippen molar-refractivity contribution in [3.8, 4) is 0 Å². The Bertz CT molecular complexity index is 602. The molecule has 2 atom stereocenters. The van der Waals surface area contributed by atoms with Gasteiger partial charge in [-0.3, -0.25) is 0 Å². The zero-order valence-corrected chi connectivity index (χ0v) is 13.3. The molecule has 1 saturated carbocycles. The van der Waals surface area contributed by atoms with Crippen LogP contribution in [0.15, 0.2) is 23.1 Å². The SMILES string of the molecule is CC(C)C1CCCCC1NS(=O)(=O)c1ccc(F)c(N)c1. The second kappa shape index (κ2) is 6.32. The predicted molar refractivity (Wildman–Crippen MR) is 81.7 cm³/mol. The maximum atomic E-state index is 13.2. The fourth-order valence-corrected chi connectivity index (χ4v) is 4.42. The minimum atomic E-state index is -3.66. The maximum absolute atomic E-state index is 13.2. The maximum Gasteiger partial charge on any atom is 0.240 e. The summed E-state index contributed by atoms with van der Waals surface area (Å²) in [7, 11) is -3.66. The molecule has 3 N–H and O–H groups in total. The Morgan fingerprint density at radius 2 is 1.95 bits per heavy atom. The van der Waals surface area contributed by atoms with Crippen molar-refractivity contribution in [2.45, 2.75) is 50.5 Å². The number of hydrogen-bond acceptors (Lipinski definition) is 3. The number of rotatable bonds is 4. The van der Waals surface area contributed by atoms with Crippen LogP contribution in [0.4, 0.5) is 10.1 Å². The van der Waals surface area contributed by atoms with E-state index < -0.39 is 15.8 Å². The monoisotopic (exact) mass is 314 g/mol. The second-order valence-corrected chi connectivity index (χ2v) is 7.82. The molecule has 0 radical (unpaired) electrons. The average molecular weight is 314 g/mol. The van der Waals surface area contributed by atoms with Gasteiger partial charge in [0.15, 0.2) is 0 Å². The van der Waals surface area contributed by atoms with Gasteiger partial charge in [-0.25, -0.2) is 17.5 Å². The summed E-state index contributed by atoms with van der Waals surface area (Å²) in [5, 5.41) is 0. The van der Waals surface area contributed by atoms with E-state index in [2.05, 4.69) is 18.6 Å². The molecule has 1 fully saturated rings. The van der Waals surface area contributed by atoms with Gasteiger partial charge >= 0.3 is 0 Å². The molecule has 0 bridgehead atoms. The van der Waals surface area contributed by atoms with Crippen molar-refractivity contribution in [1.29, 1.82) is 0 Å². The summed E-state index contributed by atoms with van der Waals surface area (Å²) in [6.45, 7) is 4.24. The second-order valence-electron chi connectivity index (χ2n) is 6.10. The van der Waals surface area contributed by atoms with Crippen LogP contribution in [0, 0.1) is 17.7 Å². The van der Waals surface area contributed by atoms with E-state index >= 15 is 0 Å². The van der Waals surface area contributed by atoms with Crippen LogP contribution < -0.4 is 10.5 Å². The number of nitrogens with two attached hydrogens (primary N) is 1. The Morgan fingerprint density at radius 1 is 1.29 bits per heavy atom. The van der Waals surface area contributed by atoms with E-state index in [-0.39, 0.29) is 16.6 Å². The third kappa shape index (κ3) is 3.74. The quantitative estimate of drug-likeness (QED) is 0.839. The third-order valence-corrected chi connectivity index (χ3v) is 5.75. The van der Waals surface area contributed by atoms with Crippen LogP contribution in [0.1, 0.15) is 39.5 Å². The third-order valence-electron chi connectivity index (χ3n) is 4.26. The molecular formula is C15H23FN2O2S. The van der Waals surface area contributed by atoms with Gasteiger partial charge in [-0.05, 0) is 42.9 Å². The molecule has 2 unspecified atom stereocenters. The van der Waals surface area contributed by atoms with Crippen LogP contribution in [-0.2, 0) is 10.0 Å². The normalized spacial score (nSPS) is 23.4. The fourth-order valence-electron chi connectivity index (χ4n) is 3.06. The van der Waals surface area contributed by atoms with E-state index in [1.807, 2.05) is 0 Å². The van der Waals surface area contributed by atoms with Gasteiger partial charge in [-0.2, -0.15) is 0 Å². The molecular weight excluding hydrogens is 291 g/mol. The highest BCUT2D eigenvalue weighted by Crippen LogP contribution is 2.31. The van der Waals surface area contributed by atoms with E-state index in [1.54, 1.807) is 0 Å². The Labute approximate surface area is 126 Å². The van der Waals surface area contributed by atoms with Crippen molar-refractivity contribution in [2.75, 3.05) is 5.73 Å². The van der Waals surface area contributed by atoms with Crippen LogP contribution in [0.25, 0.3) is 0 Å². The largest absolute Gasteiger partial charge is 0.396 e. The Morgan fingerprint density at radius 3 is 2.57 bits per heavy atom. The van der Waals surface area contributed by atoms with Gasteiger partial charge in [0, 0.05) is 6.04 Å². The molecule has 0 spiro atoms. The van der Waals surface area contributed by atoms with Crippen molar-refractivity contribution < 1.29 is 12.8 Å². The van der Waals surface area contributed by atoms with Gasteiger partial charge in [0.2, 0.25) is 10.0 Å². The van der Waals surface area contributed by atoms with Crippen LogP contribution in [0.3, 0.4) is 0 Å². The molecule has 1 aliphatic rings. The van der Waals surface area contributed by atoms with Crippen molar-refractivity contribution >= 4 is 15.7 Å². The molecule has 4 nitrogen and oxygen atoms in total. The van der Waals surface area contributed by atoms with Crippen molar-refractivity contribution in [3.63, 3.8) is 0 Å². The average Bonchev–Trinajstić information content (AvgIpc) is 2.41. The fraction of sp³-hybridized carbons (Fsp3) is 0.600. The van der Waals surface area contributed by atoms with Crippen molar-refractivity contribution in [1.82, 2.24) is 4.72 Å². The number of halogens is 1. The van der Waals surface area contributed by atoms with Gasteiger partial charge in [0.05, 0.1) is 10.6 Å². The smallest absolute Gasteiger partial charge is 0.240 e. The summed E-state index contributed by atoms with van der Waals surface area (Å²) in [6.07, 6.45) is 4.06. The lowest BCUT2D eigenvalue weighted by Gasteiger charge is -2.34. The molecule has 1 aromatic rings. The highest BCUT2D eigenvalue weighted by Gasteiger charge is 2.31. The van der Waals surface area contributed by atoms with Gasteiger partial charge in [-0.15, -0.1) is 0 Å². The molecule has 1 aliphatic carbocycles. The van der Waals surface area contributed by atoms with Gasteiger partial charge in [-0.1, -0.05) is 26.7 Å². The minimum absolute atomic E-state index is 0.0227. The number of benzene rings is 1. The molecule has 21 heavy (non-hydrogen) atoms. The molecule has 0 aromatic heterocycles. The van der Waals surface area contributed by atoms with Crippen molar-refractivity contribution in [3.05, 3.63) is 24.0 Å². The van der Waals surface area contributed by atoms with Crippen molar-refractivity contribution in [2.24, 2.45) is 11.8 Å². The zero-order chi connectivity index (χ0) is 15.6. The van der Waals surface area contributed by atoms with Crippen LogP contribution >= 0.6 is 0 Å². The summed E-state index contributed by atoms with van der Waals surface area (Å²) in [5.74, 6) is 0.161. The van der Waals surface area contributed by atoms with E-state index in [1.165, 1.54) is 12.1 Å². The summed E-state index contributed by atoms with van der Waals surface area (Å²) in [4.78, 5) is 0.0227. The number of nitrogens with one attached hydrogen (secondary N) is 1.